The average Bonchev–Trinajstić information content (AvgIpc) is 2.83. The maximum atomic E-state index is 11.9. The van der Waals surface area contributed by atoms with E-state index in [9.17, 15) is 4.79 Å². The van der Waals surface area contributed by atoms with E-state index < -0.39 is 0 Å². The fraction of sp³-hybridized carbons (Fsp3) is 0.167. The van der Waals surface area contributed by atoms with Crippen LogP contribution in [0.5, 0.6) is 0 Å². The van der Waals surface area contributed by atoms with Crippen LogP contribution in [0.15, 0.2) is 41.1 Å². The molecule has 5 heteroatoms. The molecule has 1 aliphatic heterocycles. The molecular formula is C12H10BrN3O. The van der Waals surface area contributed by atoms with E-state index in [1.807, 2.05) is 34.9 Å². The molecule has 0 unspecified atom stereocenters. The zero-order valence-electron chi connectivity index (χ0n) is 9.01. The third-order valence-electron chi connectivity index (χ3n) is 2.81. The molecule has 1 aromatic carbocycles. The second-order valence-corrected chi connectivity index (χ2v) is 4.75. The van der Waals surface area contributed by atoms with E-state index in [0.29, 0.717) is 19.0 Å². The topological polar surface area (TPSA) is 38.1 Å². The molecular weight excluding hydrogens is 282 g/mol. The van der Waals surface area contributed by atoms with Crippen molar-refractivity contribution in [2.45, 2.75) is 13.1 Å². The van der Waals surface area contributed by atoms with Crippen LogP contribution in [0.3, 0.4) is 0 Å². The third kappa shape index (κ3) is 1.76. The normalized spacial score (nSPS) is 14.2. The molecule has 3 rings (SSSR count). The van der Waals surface area contributed by atoms with Gasteiger partial charge in [-0.15, -0.1) is 0 Å². The molecule has 2 aromatic rings. The Hall–Kier alpha value is -1.62. The number of hydrogen-bond donors (Lipinski definition) is 0. The number of halogens is 1. The van der Waals surface area contributed by atoms with Crippen molar-refractivity contribution in [3.05, 3.63) is 46.7 Å². The van der Waals surface area contributed by atoms with E-state index in [1.165, 1.54) is 0 Å². The molecule has 1 amide bonds. The van der Waals surface area contributed by atoms with Gasteiger partial charge in [-0.2, -0.15) is 0 Å². The Kier molecular flexibility index (Phi) is 2.48. The monoisotopic (exact) mass is 291 g/mol. The van der Waals surface area contributed by atoms with Gasteiger partial charge in [0, 0.05) is 0 Å². The minimum absolute atomic E-state index is 0.0812. The van der Waals surface area contributed by atoms with Gasteiger partial charge >= 0.3 is 0 Å². The Morgan fingerprint density at radius 3 is 2.82 bits per heavy atom. The Labute approximate surface area is 107 Å². The molecule has 0 saturated heterocycles. The molecule has 0 fully saturated rings. The summed E-state index contributed by atoms with van der Waals surface area (Å²) in [6.45, 7) is 0.936. The first-order chi connectivity index (χ1) is 8.25. The minimum Gasteiger partial charge on any atom is -0.295 e. The molecule has 0 atom stereocenters. The highest BCUT2D eigenvalue weighted by atomic mass is 79.9. The first-order valence-electron chi connectivity index (χ1n) is 5.31. The molecule has 1 aliphatic rings. The molecule has 0 radical (unpaired) electrons. The highest BCUT2D eigenvalue weighted by molar-refractivity contribution is 9.10. The third-order valence-corrected chi connectivity index (χ3v) is 3.44. The summed E-state index contributed by atoms with van der Waals surface area (Å²) < 4.78 is 2.71. The number of anilines is 1. The van der Waals surface area contributed by atoms with Crippen molar-refractivity contribution < 1.29 is 4.79 Å². The van der Waals surface area contributed by atoms with E-state index in [0.717, 1.165) is 10.2 Å². The van der Waals surface area contributed by atoms with Crippen LogP contribution < -0.4 is 4.90 Å². The highest BCUT2D eigenvalue weighted by Gasteiger charge is 2.29. The fourth-order valence-corrected chi connectivity index (χ4v) is 2.35. The lowest BCUT2D eigenvalue weighted by atomic mass is 10.2. The lowest BCUT2D eigenvalue weighted by Gasteiger charge is -2.13. The van der Waals surface area contributed by atoms with Crippen LogP contribution >= 0.6 is 15.9 Å². The van der Waals surface area contributed by atoms with Crippen molar-refractivity contribution in [3.63, 3.8) is 0 Å². The number of nitrogens with zero attached hydrogens (tertiary/aromatic N) is 3. The summed E-state index contributed by atoms with van der Waals surface area (Å²) in [6, 6.07) is 9.92. The Morgan fingerprint density at radius 2 is 2.06 bits per heavy atom. The summed E-state index contributed by atoms with van der Waals surface area (Å²) in [5, 5.41) is 0. The molecule has 86 valence electrons. The van der Waals surface area contributed by atoms with Crippen LogP contribution in [0.1, 0.15) is 5.56 Å². The van der Waals surface area contributed by atoms with Crippen LogP contribution in [0.4, 0.5) is 5.95 Å². The number of aromatic nitrogens is 2. The van der Waals surface area contributed by atoms with Crippen molar-refractivity contribution in [1.82, 2.24) is 9.55 Å². The first-order valence-corrected chi connectivity index (χ1v) is 6.10. The molecule has 0 bridgehead atoms. The number of hydrogen-bond acceptors (Lipinski definition) is 2. The lowest BCUT2D eigenvalue weighted by Crippen LogP contribution is -2.26. The van der Waals surface area contributed by atoms with E-state index in [-0.39, 0.29) is 5.91 Å². The summed E-state index contributed by atoms with van der Waals surface area (Å²) in [5.74, 6) is 0.795. The summed E-state index contributed by atoms with van der Waals surface area (Å²) >= 11 is 3.38. The Balaban J connectivity index is 1.91. The zero-order valence-corrected chi connectivity index (χ0v) is 10.6. The molecule has 0 spiro atoms. The average molecular weight is 292 g/mol. The van der Waals surface area contributed by atoms with Gasteiger partial charge in [-0.25, -0.2) is 4.98 Å². The molecule has 0 saturated carbocycles. The molecule has 4 nitrogen and oxygen atoms in total. The smallest absolute Gasteiger partial charge is 0.249 e. The molecule has 1 aromatic heterocycles. The van der Waals surface area contributed by atoms with Crippen LogP contribution in [0.2, 0.25) is 0 Å². The largest absolute Gasteiger partial charge is 0.295 e. The molecule has 2 heterocycles. The summed E-state index contributed by atoms with van der Waals surface area (Å²) in [7, 11) is 0. The van der Waals surface area contributed by atoms with E-state index in [4.69, 9.17) is 0 Å². The zero-order chi connectivity index (χ0) is 11.8. The van der Waals surface area contributed by atoms with Gasteiger partial charge in [0.25, 0.3) is 0 Å². The number of carbonyl (C=O) groups excluding carboxylic acids is 1. The Morgan fingerprint density at radius 1 is 1.29 bits per heavy atom. The van der Waals surface area contributed by atoms with E-state index in [1.54, 1.807) is 11.1 Å². The predicted octanol–water partition coefficient (Wildman–Crippen LogP) is 2.19. The number of imidazole rings is 1. The van der Waals surface area contributed by atoms with Crippen molar-refractivity contribution in [1.29, 1.82) is 0 Å². The molecule has 17 heavy (non-hydrogen) atoms. The summed E-state index contributed by atoms with van der Waals surface area (Å²) in [5.41, 5.74) is 1.11. The van der Waals surface area contributed by atoms with Crippen LogP contribution in [-0.4, -0.2) is 15.5 Å². The van der Waals surface area contributed by atoms with E-state index in [2.05, 4.69) is 20.9 Å². The van der Waals surface area contributed by atoms with Crippen LogP contribution in [0, 0.1) is 0 Å². The van der Waals surface area contributed by atoms with E-state index >= 15 is 0 Å². The number of amides is 1. The van der Waals surface area contributed by atoms with Gasteiger partial charge in [0.05, 0.1) is 12.7 Å². The van der Waals surface area contributed by atoms with Gasteiger partial charge in [0.1, 0.15) is 11.1 Å². The summed E-state index contributed by atoms with van der Waals surface area (Å²) in [4.78, 5) is 17.8. The van der Waals surface area contributed by atoms with Gasteiger partial charge in [-0.3, -0.25) is 14.3 Å². The standard InChI is InChI=1S/C12H10BrN3O/c13-10-6-14-12-15(10)8-11(17)16(12)7-9-4-2-1-3-5-9/h1-6H,7-8H2. The lowest BCUT2D eigenvalue weighted by molar-refractivity contribution is -0.118. The van der Waals surface area contributed by atoms with Crippen LogP contribution in [0.25, 0.3) is 0 Å². The van der Waals surface area contributed by atoms with Gasteiger partial charge in [-0.1, -0.05) is 30.3 Å². The van der Waals surface area contributed by atoms with Gasteiger partial charge in [0.2, 0.25) is 11.9 Å². The van der Waals surface area contributed by atoms with Crippen molar-refractivity contribution in [2.24, 2.45) is 0 Å². The molecule has 0 aliphatic carbocycles. The number of carbonyl (C=O) groups is 1. The highest BCUT2D eigenvalue weighted by Crippen LogP contribution is 2.27. The van der Waals surface area contributed by atoms with Crippen molar-refractivity contribution in [2.75, 3.05) is 4.90 Å². The van der Waals surface area contributed by atoms with Crippen molar-refractivity contribution >= 4 is 27.8 Å². The van der Waals surface area contributed by atoms with Gasteiger partial charge in [0.15, 0.2) is 0 Å². The van der Waals surface area contributed by atoms with Crippen molar-refractivity contribution in [3.8, 4) is 0 Å². The number of rotatable bonds is 2. The predicted molar refractivity (Wildman–Crippen MR) is 67.6 cm³/mol. The number of benzene rings is 1. The quantitative estimate of drug-likeness (QED) is 0.851. The van der Waals surface area contributed by atoms with Crippen LogP contribution in [-0.2, 0) is 17.9 Å². The van der Waals surface area contributed by atoms with Gasteiger partial charge in [-0.05, 0) is 21.5 Å². The summed E-state index contributed by atoms with van der Waals surface area (Å²) in [6.07, 6.45) is 1.72. The Bertz CT molecular complexity index is 564. The number of fused-ring (bicyclic) bond motifs is 1. The maximum Gasteiger partial charge on any atom is 0.249 e. The minimum atomic E-state index is 0.0812. The second kappa shape index (κ2) is 4.00. The maximum absolute atomic E-state index is 11.9. The van der Waals surface area contributed by atoms with Gasteiger partial charge < -0.3 is 0 Å². The molecule has 0 N–H and O–H groups in total. The fourth-order valence-electron chi connectivity index (χ4n) is 1.96. The second-order valence-electron chi connectivity index (χ2n) is 3.93. The SMILES string of the molecule is O=C1Cn2c(Br)cnc2N1Cc1ccccc1. The first kappa shape index (κ1) is 10.5.